The molecular weight excluding hydrogens is 248 g/mol. The number of carbonyl (C=O) groups excluding carboxylic acids is 1. The number of carboxylic acid groups (broad SMARTS) is 1. The van der Waals surface area contributed by atoms with Crippen LogP contribution in [0.4, 0.5) is 0 Å². The lowest BCUT2D eigenvalue weighted by molar-refractivity contribution is -0.156. The molecule has 0 saturated carbocycles. The van der Waals surface area contributed by atoms with Crippen LogP contribution in [-0.4, -0.2) is 53.2 Å². The van der Waals surface area contributed by atoms with Gasteiger partial charge in [-0.15, -0.1) is 0 Å². The van der Waals surface area contributed by atoms with E-state index in [1.54, 1.807) is 0 Å². The molecule has 2 atom stereocenters. The first-order valence-corrected chi connectivity index (χ1v) is 6.57. The molecule has 0 radical (unpaired) electrons. The summed E-state index contributed by atoms with van der Waals surface area (Å²) < 4.78 is 5.25. The molecule has 3 N–H and O–H groups in total. The van der Waals surface area contributed by atoms with E-state index in [0.29, 0.717) is 19.5 Å². The highest BCUT2D eigenvalue weighted by Crippen LogP contribution is 2.19. The molecule has 0 spiro atoms. The van der Waals surface area contributed by atoms with Gasteiger partial charge in [-0.05, 0) is 33.1 Å². The summed E-state index contributed by atoms with van der Waals surface area (Å²) in [6, 6.07) is -0.0828. The second-order valence-corrected chi connectivity index (χ2v) is 6.24. The third-order valence-electron chi connectivity index (χ3n) is 2.88. The van der Waals surface area contributed by atoms with E-state index in [1.807, 2.05) is 25.7 Å². The number of ether oxygens (including phenoxy) is 1. The number of piperidine rings is 1. The van der Waals surface area contributed by atoms with Crippen LogP contribution in [0.3, 0.4) is 0 Å². The lowest BCUT2D eigenvalue weighted by atomic mass is 9.92. The average molecular weight is 272 g/mol. The van der Waals surface area contributed by atoms with E-state index < -0.39 is 11.6 Å². The minimum absolute atomic E-state index is 0.00341. The van der Waals surface area contributed by atoms with Gasteiger partial charge in [0.05, 0.1) is 6.54 Å². The first-order chi connectivity index (χ1) is 8.65. The molecule has 0 aromatic carbocycles. The van der Waals surface area contributed by atoms with Crippen LogP contribution in [0, 0.1) is 5.92 Å². The molecule has 0 amide bonds. The standard InChI is InChI=1S/C13H24N2O4/c1-13(2,3)19-12(18)8-15-6-9(5-11(16)17)4-10(14)7-15/h9-10H,4-8,14H2,1-3H3,(H,16,17). The van der Waals surface area contributed by atoms with Crippen molar-refractivity contribution in [2.45, 2.75) is 45.3 Å². The van der Waals surface area contributed by atoms with Crippen molar-refractivity contribution in [2.24, 2.45) is 11.7 Å². The minimum Gasteiger partial charge on any atom is -0.481 e. The van der Waals surface area contributed by atoms with Crippen LogP contribution < -0.4 is 5.73 Å². The molecule has 110 valence electrons. The van der Waals surface area contributed by atoms with Crippen molar-refractivity contribution in [3.8, 4) is 0 Å². The summed E-state index contributed by atoms with van der Waals surface area (Å²) in [6.07, 6.45) is 0.787. The number of carboxylic acids is 1. The molecule has 0 aliphatic carbocycles. The third-order valence-corrected chi connectivity index (χ3v) is 2.88. The summed E-state index contributed by atoms with van der Waals surface area (Å²) in [7, 11) is 0. The maximum Gasteiger partial charge on any atom is 0.320 e. The number of hydrogen-bond donors (Lipinski definition) is 2. The molecule has 6 heteroatoms. The van der Waals surface area contributed by atoms with Gasteiger partial charge < -0.3 is 15.6 Å². The van der Waals surface area contributed by atoms with Crippen LogP contribution in [0.25, 0.3) is 0 Å². The lowest BCUT2D eigenvalue weighted by Gasteiger charge is -2.35. The average Bonchev–Trinajstić information content (AvgIpc) is 2.10. The molecule has 0 aromatic rings. The van der Waals surface area contributed by atoms with Crippen molar-refractivity contribution in [1.82, 2.24) is 4.90 Å². The van der Waals surface area contributed by atoms with E-state index in [0.717, 1.165) is 0 Å². The monoisotopic (exact) mass is 272 g/mol. The fourth-order valence-corrected chi connectivity index (χ4v) is 2.43. The minimum atomic E-state index is -0.823. The van der Waals surface area contributed by atoms with Gasteiger partial charge in [0.2, 0.25) is 0 Å². The first kappa shape index (κ1) is 15.9. The number of aliphatic carboxylic acids is 1. The highest BCUT2D eigenvalue weighted by Gasteiger charge is 2.29. The van der Waals surface area contributed by atoms with Crippen molar-refractivity contribution >= 4 is 11.9 Å². The van der Waals surface area contributed by atoms with E-state index in [2.05, 4.69) is 0 Å². The molecule has 0 aromatic heterocycles. The topological polar surface area (TPSA) is 92.9 Å². The van der Waals surface area contributed by atoms with Gasteiger partial charge in [0.1, 0.15) is 5.60 Å². The number of nitrogens with two attached hydrogens (primary N) is 1. The summed E-state index contributed by atoms with van der Waals surface area (Å²) in [6.45, 7) is 6.82. The molecule has 6 nitrogen and oxygen atoms in total. The molecule has 1 aliphatic heterocycles. The molecule has 0 bridgehead atoms. The van der Waals surface area contributed by atoms with E-state index in [-0.39, 0.29) is 30.9 Å². The largest absolute Gasteiger partial charge is 0.481 e. The number of carbonyl (C=O) groups is 2. The Balaban J connectivity index is 2.48. The fraction of sp³-hybridized carbons (Fsp3) is 0.846. The maximum atomic E-state index is 11.7. The Morgan fingerprint density at radius 2 is 2.00 bits per heavy atom. The summed E-state index contributed by atoms with van der Waals surface area (Å²) in [5.74, 6) is -1.12. The normalized spacial score (nSPS) is 25.1. The Labute approximate surface area is 113 Å². The van der Waals surface area contributed by atoms with Crippen molar-refractivity contribution in [3.63, 3.8) is 0 Å². The maximum absolute atomic E-state index is 11.7. The Morgan fingerprint density at radius 1 is 1.37 bits per heavy atom. The number of likely N-dealkylation sites (tertiary alicyclic amines) is 1. The van der Waals surface area contributed by atoms with Gasteiger partial charge in [-0.25, -0.2) is 0 Å². The predicted octanol–water partition coefficient (Wildman–Crippen LogP) is 0.452. The van der Waals surface area contributed by atoms with Crippen molar-refractivity contribution in [2.75, 3.05) is 19.6 Å². The Hall–Kier alpha value is -1.14. The molecule has 1 aliphatic rings. The SMILES string of the molecule is CC(C)(C)OC(=O)CN1CC(N)CC(CC(=O)O)C1. The Morgan fingerprint density at radius 3 is 2.53 bits per heavy atom. The number of esters is 1. The van der Waals surface area contributed by atoms with Gasteiger partial charge in [-0.1, -0.05) is 0 Å². The van der Waals surface area contributed by atoms with Gasteiger partial charge in [0.25, 0.3) is 0 Å². The quantitative estimate of drug-likeness (QED) is 0.722. The summed E-state index contributed by atoms with van der Waals surface area (Å²) in [5, 5.41) is 8.82. The molecule has 2 unspecified atom stereocenters. The fourth-order valence-electron chi connectivity index (χ4n) is 2.43. The second-order valence-electron chi connectivity index (χ2n) is 6.24. The summed E-state index contributed by atoms with van der Waals surface area (Å²) in [5.41, 5.74) is 5.40. The number of nitrogens with zero attached hydrogens (tertiary/aromatic N) is 1. The Kier molecular flexibility index (Phi) is 5.31. The zero-order chi connectivity index (χ0) is 14.6. The third kappa shape index (κ3) is 6.54. The van der Waals surface area contributed by atoms with E-state index in [9.17, 15) is 9.59 Å². The second kappa shape index (κ2) is 6.34. The van der Waals surface area contributed by atoms with Crippen LogP contribution in [0.2, 0.25) is 0 Å². The van der Waals surface area contributed by atoms with Crippen LogP contribution in [-0.2, 0) is 14.3 Å². The van der Waals surface area contributed by atoms with Crippen LogP contribution in [0.1, 0.15) is 33.6 Å². The van der Waals surface area contributed by atoms with Crippen molar-refractivity contribution in [1.29, 1.82) is 0 Å². The molecule has 1 saturated heterocycles. The predicted molar refractivity (Wildman–Crippen MR) is 70.6 cm³/mol. The Bertz CT molecular complexity index is 338. The van der Waals surface area contributed by atoms with Gasteiger partial charge in [0.15, 0.2) is 0 Å². The number of rotatable bonds is 4. The molecule has 1 heterocycles. The van der Waals surface area contributed by atoms with Crippen molar-refractivity contribution in [3.05, 3.63) is 0 Å². The molecule has 1 rings (SSSR count). The van der Waals surface area contributed by atoms with Gasteiger partial charge in [-0.2, -0.15) is 0 Å². The smallest absolute Gasteiger partial charge is 0.320 e. The summed E-state index contributed by atoms with van der Waals surface area (Å²) >= 11 is 0. The van der Waals surface area contributed by atoms with Crippen LogP contribution >= 0.6 is 0 Å². The van der Waals surface area contributed by atoms with Crippen molar-refractivity contribution < 1.29 is 19.4 Å². The highest BCUT2D eigenvalue weighted by molar-refractivity contribution is 5.72. The number of hydrogen-bond acceptors (Lipinski definition) is 5. The zero-order valence-electron chi connectivity index (χ0n) is 11.9. The van der Waals surface area contributed by atoms with E-state index >= 15 is 0 Å². The van der Waals surface area contributed by atoms with Gasteiger partial charge >= 0.3 is 11.9 Å². The zero-order valence-corrected chi connectivity index (χ0v) is 11.9. The lowest BCUT2D eigenvalue weighted by Crippen LogP contribution is -2.49. The van der Waals surface area contributed by atoms with E-state index in [1.165, 1.54) is 0 Å². The molecule has 19 heavy (non-hydrogen) atoms. The van der Waals surface area contributed by atoms with E-state index in [4.69, 9.17) is 15.6 Å². The van der Waals surface area contributed by atoms with Gasteiger partial charge in [-0.3, -0.25) is 14.5 Å². The molecule has 1 fully saturated rings. The molecular formula is C13H24N2O4. The van der Waals surface area contributed by atoms with Crippen LogP contribution in [0.15, 0.2) is 0 Å². The van der Waals surface area contributed by atoms with Gasteiger partial charge in [0, 0.05) is 25.6 Å². The highest BCUT2D eigenvalue weighted by atomic mass is 16.6. The van der Waals surface area contributed by atoms with Crippen LogP contribution in [0.5, 0.6) is 0 Å². The first-order valence-electron chi connectivity index (χ1n) is 6.57. The summed E-state index contributed by atoms with van der Waals surface area (Å²) in [4.78, 5) is 24.4.